The summed E-state index contributed by atoms with van der Waals surface area (Å²) in [6, 6.07) is 3.65. The van der Waals surface area contributed by atoms with Gasteiger partial charge >= 0.3 is 0 Å². The van der Waals surface area contributed by atoms with Crippen LogP contribution in [0.1, 0.15) is 38.4 Å². The molecule has 1 heterocycles. The van der Waals surface area contributed by atoms with Crippen LogP contribution in [0.15, 0.2) is 40.0 Å². The number of furan rings is 1. The molecule has 1 aliphatic carbocycles. The van der Waals surface area contributed by atoms with Crippen molar-refractivity contribution in [3.8, 4) is 0 Å². The van der Waals surface area contributed by atoms with Crippen molar-refractivity contribution in [3.05, 3.63) is 41.4 Å². The van der Waals surface area contributed by atoms with E-state index in [1.165, 1.54) is 12.0 Å². The summed E-state index contributed by atoms with van der Waals surface area (Å²) < 4.78 is 5.14. The number of hydrogen-bond donors (Lipinski definition) is 0. The Balaban J connectivity index is 2.08. The summed E-state index contributed by atoms with van der Waals surface area (Å²) in [7, 11) is 0. The highest BCUT2D eigenvalue weighted by Gasteiger charge is 2.14. The van der Waals surface area contributed by atoms with Gasteiger partial charge in [0.05, 0.1) is 6.26 Å². The first kappa shape index (κ1) is 10.9. The van der Waals surface area contributed by atoms with Crippen LogP contribution < -0.4 is 0 Å². The van der Waals surface area contributed by atoms with E-state index in [1.807, 2.05) is 12.1 Å². The fraction of sp³-hybridized carbons (Fsp3) is 0.357. The Morgan fingerprint density at radius 1 is 1.38 bits per heavy atom. The maximum absolute atomic E-state index is 11.9. The Kier molecular flexibility index (Phi) is 3.40. The van der Waals surface area contributed by atoms with Crippen molar-refractivity contribution in [2.75, 3.05) is 0 Å². The minimum absolute atomic E-state index is 0.133. The zero-order valence-corrected chi connectivity index (χ0v) is 9.53. The molecule has 2 rings (SSSR count). The van der Waals surface area contributed by atoms with E-state index in [-0.39, 0.29) is 5.78 Å². The van der Waals surface area contributed by atoms with Crippen LogP contribution in [0.4, 0.5) is 0 Å². The Bertz CT molecular complexity index is 422. The molecule has 0 radical (unpaired) electrons. The molecule has 0 bridgehead atoms. The predicted molar refractivity (Wildman–Crippen MR) is 63.9 cm³/mol. The average molecular weight is 216 g/mol. The minimum Gasteiger partial charge on any atom is -0.465 e. The van der Waals surface area contributed by atoms with Crippen molar-refractivity contribution in [3.63, 3.8) is 0 Å². The molecule has 0 unspecified atom stereocenters. The van der Waals surface area contributed by atoms with Gasteiger partial charge in [-0.15, -0.1) is 0 Å². The van der Waals surface area contributed by atoms with Crippen LogP contribution in [0, 0.1) is 0 Å². The van der Waals surface area contributed by atoms with Crippen LogP contribution in [0.3, 0.4) is 0 Å². The van der Waals surface area contributed by atoms with Gasteiger partial charge in [0.2, 0.25) is 0 Å². The second-order valence-corrected chi connectivity index (χ2v) is 4.18. The summed E-state index contributed by atoms with van der Waals surface area (Å²) in [5.41, 5.74) is 2.24. The molecule has 0 aliphatic heterocycles. The zero-order chi connectivity index (χ0) is 11.4. The summed E-state index contributed by atoms with van der Waals surface area (Å²) >= 11 is 0. The van der Waals surface area contributed by atoms with E-state index in [9.17, 15) is 4.79 Å². The molecule has 0 N–H and O–H groups in total. The van der Waals surface area contributed by atoms with Gasteiger partial charge in [-0.2, -0.15) is 0 Å². The third kappa shape index (κ3) is 2.51. The van der Waals surface area contributed by atoms with Crippen LogP contribution in [0.2, 0.25) is 0 Å². The van der Waals surface area contributed by atoms with E-state index in [0.717, 1.165) is 30.6 Å². The summed E-state index contributed by atoms with van der Waals surface area (Å²) in [5.74, 6) is 0.857. The predicted octanol–water partition coefficient (Wildman–Crippen LogP) is 3.75. The summed E-state index contributed by atoms with van der Waals surface area (Å²) in [6.07, 6.45) is 9.29. The van der Waals surface area contributed by atoms with Crippen LogP contribution in [0.25, 0.3) is 6.08 Å². The Labute approximate surface area is 95.7 Å². The fourth-order valence-corrected chi connectivity index (χ4v) is 2.03. The van der Waals surface area contributed by atoms with E-state index in [2.05, 4.69) is 6.92 Å². The highest BCUT2D eigenvalue weighted by atomic mass is 16.3. The maximum atomic E-state index is 11.9. The van der Waals surface area contributed by atoms with Gasteiger partial charge in [-0.25, -0.2) is 0 Å². The van der Waals surface area contributed by atoms with E-state index >= 15 is 0 Å². The lowest BCUT2D eigenvalue weighted by atomic mass is 9.90. The summed E-state index contributed by atoms with van der Waals surface area (Å²) in [6.45, 7) is 2.06. The molecule has 0 spiro atoms. The van der Waals surface area contributed by atoms with Crippen molar-refractivity contribution in [2.45, 2.75) is 32.6 Å². The molecule has 0 atom stereocenters. The molecule has 1 aromatic heterocycles. The molecule has 0 saturated carbocycles. The molecule has 0 fully saturated rings. The van der Waals surface area contributed by atoms with E-state index in [4.69, 9.17) is 4.42 Å². The lowest BCUT2D eigenvalue weighted by molar-refractivity contribution is -0.111. The van der Waals surface area contributed by atoms with Crippen molar-refractivity contribution < 1.29 is 9.21 Å². The number of rotatable bonds is 3. The fourth-order valence-electron chi connectivity index (χ4n) is 2.03. The zero-order valence-electron chi connectivity index (χ0n) is 9.53. The lowest BCUT2D eigenvalue weighted by Crippen LogP contribution is -2.06. The Morgan fingerprint density at radius 3 is 2.88 bits per heavy atom. The van der Waals surface area contributed by atoms with E-state index < -0.39 is 0 Å². The van der Waals surface area contributed by atoms with Gasteiger partial charge < -0.3 is 4.42 Å². The van der Waals surface area contributed by atoms with Crippen LogP contribution in [0.5, 0.6) is 0 Å². The molecule has 1 aromatic rings. The maximum Gasteiger partial charge on any atom is 0.181 e. The van der Waals surface area contributed by atoms with Crippen LogP contribution >= 0.6 is 0 Å². The van der Waals surface area contributed by atoms with Crippen LogP contribution in [-0.4, -0.2) is 5.78 Å². The topological polar surface area (TPSA) is 30.2 Å². The molecule has 84 valence electrons. The lowest BCUT2D eigenvalue weighted by Gasteiger charge is -2.14. The van der Waals surface area contributed by atoms with Gasteiger partial charge in [0.25, 0.3) is 0 Å². The van der Waals surface area contributed by atoms with Gasteiger partial charge in [0.1, 0.15) is 5.76 Å². The first-order valence-electron chi connectivity index (χ1n) is 5.72. The monoisotopic (exact) mass is 216 g/mol. The normalized spacial score (nSPS) is 17.1. The van der Waals surface area contributed by atoms with Gasteiger partial charge in [0.15, 0.2) is 5.78 Å². The van der Waals surface area contributed by atoms with Crippen molar-refractivity contribution >= 4 is 11.9 Å². The first-order valence-corrected chi connectivity index (χ1v) is 5.72. The smallest absolute Gasteiger partial charge is 0.181 e. The number of carbonyl (C=O) groups excluding carboxylic acids is 1. The Morgan fingerprint density at radius 2 is 2.19 bits per heavy atom. The third-order valence-electron chi connectivity index (χ3n) is 2.98. The van der Waals surface area contributed by atoms with Crippen molar-refractivity contribution in [1.29, 1.82) is 0 Å². The molecular formula is C14H16O2. The molecule has 2 heteroatoms. The van der Waals surface area contributed by atoms with Crippen molar-refractivity contribution in [1.82, 2.24) is 0 Å². The van der Waals surface area contributed by atoms with Crippen molar-refractivity contribution in [2.24, 2.45) is 0 Å². The van der Waals surface area contributed by atoms with Gasteiger partial charge in [-0.05, 0) is 62.5 Å². The summed E-state index contributed by atoms with van der Waals surface area (Å²) in [5, 5.41) is 0. The number of carbonyl (C=O) groups is 1. The van der Waals surface area contributed by atoms with Gasteiger partial charge in [-0.1, -0.05) is 5.57 Å². The highest BCUT2D eigenvalue weighted by Crippen LogP contribution is 2.25. The van der Waals surface area contributed by atoms with Gasteiger partial charge in [0, 0.05) is 0 Å². The Hall–Kier alpha value is -1.57. The average Bonchev–Trinajstić information content (AvgIpc) is 2.79. The molecule has 0 saturated heterocycles. The minimum atomic E-state index is 0.133. The summed E-state index contributed by atoms with van der Waals surface area (Å²) in [4.78, 5) is 11.9. The number of hydrogen-bond acceptors (Lipinski definition) is 2. The highest BCUT2D eigenvalue weighted by molar-refractivity contribution is 6.06. The molecular weight excluding hydrogens is 200 g/mol. The quantitative estimate of drug-likeness (QED) is 0.720. The second kappa shape index (κ2) is 4.97. The standard InChI is InChI=1S/C14H16O2/c1-11-5-2-3-7-13(11)14(15)9-8-12-6-4-10-16-12/h4,6,8-10H,2-3,5,7H2,1H3/b9-8+. The van der Waals surface area contributed by atoms with E-state index in [0.29, 0.717) is 0 Å². The molecule has 16 heavy (non-hydrogen) atoms. The first-order chi connectivity index (χ1) is 7.77. The number of allylic oxidation sites excluding steroid dienone is 3. The SMILES string of the molecule is CC1=C(C(=O)/C=C/c2ccco2)CCCC1. The van der Waals surface area contributed by atoms with Crippen LogP contribution in [-0.2, 0) is 4.79 Å². The largest absolute Gasteiger partial charge is 0.465 e. The van der Waals surface area contributed by atoms with E-state index in [1.54, 1.807) is 18.4 Å². The molecule has 0 aromatic carbocycles. The molecule has 0 amide bonds. The third-order valence-corrected chi connectivity index (χ3v) is 2.98. The number of ketones is 1. The molecule has 2 nitrogen and oxygen atoms in total. The second-order valence-electron chi connectivity index (χ2n) is 4.18. The van der Waals surface area contributed by atoms with Gasteiger partial charge in [-0.3, -0.25) is 4.79 Å². The molecule has 1 aliphatic rings.